The van der Waals surface area contributed by atoms with E-state index in [0.29, 0.717) is 0 Å². The van der Waals surface area contributed by atoms with Crippen LogP contribution in [0.15, 0.2) is 236 Å². The van der Waals surface area contributed by atoms with E-state index in [1.165, 1.54) is 49.9 Å². The molecule has 1 atom stereocenters. The molecule has 0 saturated carbocycles. The Kier molecular flexibility index (Phi) is 17.3. The standard InChI is InChI=1S/C61H64N2/c1-7-12-27-49(10-4)58-36-25-26-37-61(58)63(47(6)38-39-48(9-3)54-41-40-51-30-23-24-33-53(51)45-54)56(11-5)34-21-15-19-31-52-32-20-16-22-35-57(52)59-46-55(50-28-17-14-18-29-50)42-43-60(59)62-44-13-8-2/h8-14,16-21,23-34,36-43,45-46,57,62H,3,7,15,22,35,44H2,1-2,4-6H3/b13-8-,27-12-,31-19+,34-21-,47-38+,48-39+,49-10+,56-11+. The Morgan fingerprint density at radius 3 is 2.32 bits per heavy atom. The van der Waals surface area contributed by atoms with Crippen LogP contribution in [0.2, 0.25) is 0 Å². The van der Waals surface area contributed by atoms with Crippen LogP contribution in [-0.4, -0.2) is 6.54 Å². The van der Waals surface area contributed by atoms with E-state index in [1.807, 2.05) is 6.08 Å². The molecule has 0 aromatic heterocycles. The summed E-state index contributed by atoms with van der Waals surface area (Å²) in [5.74, 6) is 0.258. The average Bonchev–Trinajstić information content (AvgIpc) is 3.57. The summed E-state index contributed by atoms with van der Waals surface area (Å²) in [5.41, 5.74) is 14.3. The number of para-hydroxylation sites is 1. The molecule has 1 N–H and O–H groups in total. The normalized spacial score (nSPS) is 15.5. The SMILES string of the molecule is C=C/C(=C\C=C(/C)N(C(/C=C\C/C=C/C1=CC=CCCC1c1cc(-c2ccccc2)ccc1NC/C=C\C)=C/C)c1ccccc1C(/C=C\CC)=C/C)c1ccc2ccccc2c1. The van der Waals surface area contributed by atoms with Crippen molar-refractivity contribution in [1.82, 2.24) is 0 Å². The maximum absolute atomic E-state index is 4.21. The van der Waals surface area contributed by atoms with Gasteiger partial charge in [0.2, 0.25) is 0 Å². The van der Waals surface area contributed by atoms with Crippen LogP contribution in [-0.2, 0) is 0 Å². The molecule has 0 radical (unpaired) electrons. The highest BCUT2D eigenvalue weighted by molar-refractivity contribution is 5.88. The van der Waals surface area contributed by atoms with Crippen LogP contribution in [0.1, 0.15) is 82.9 Å². The molecular formula is C61H64N2. The van der Waals surface area contributed by atoms with Crippen molar-refractivity contribution in [1.29, 1.82) is 0 Å². The summed E-state index contributed by atoms with van der Waals surface area (Å²) in [6.45, 7) is 15.7. The zero-order valence-electron chi connectivity index (χ0n) is 38.0. The van der Waals surface area contributed by atoms with Gasteiger partial charge in [0.1, 0.15) is 0 Å². The number of rotatable bonds is 18. The molecule has 5 aromatic rings. The van der Waals surface area contributed by atoms with Crippen molar-refractivity contribution in [2.75, 3.05) is 16.8 Å². The molecule has 0 fully saturated rings. The minimum Gasteiger partial charge on any atom is -0.381 e. The minimum absolute atomic E-state index is 0.258. The summed E-state index contributed by atoms with van der Waals surface area (Å²) in [6.07, 6.45) is 39.4. The second-order valence-electron chi connectivity index (χ2n) is 15.7. The lowest BCUT2D eigenvalue weighted by Gasteiger charge is -2.29. The lowest BCUT2D eigenvalue weighted by Crippen LogP contribution is -2.20. The zero-order chi connectivity index (χ0) is 44.2. The predicted molar refractivity (Wildman–Crippen MR) is 279 cm³/mol. The van der Waals surface area contributed by atoms with Gasteiger partial charge in [-0.3, -0.25) is 0 Å². The van der Waals surface area contributed by atoms with Gasteiger partial charge in [0.25, 0.3) is 0 Å². The largest absolute Gasteiger partial charge is 0.381 e. The monoisotopic (exact) mass is 825 g/mol. The summed E-state index contributed by atoms with van der Waals surface area (Å²) in [5, 5.41) is 6.16. The third-order valence-corrected chi connectivity index (χ3v) is 11.5. The predicted octanol–water partition coefficient (Wildman–Crippen LogP) is 17.3. The van der Waals surface area contributed by atoms with E-state index in [0.717, 1.165) is 60.4 Å². The Balaban J connectivity index is 1.32. The first-order chi connectivity index (χ1) is 31.0. The maximum Gasteiger partial charge on any atom is 0.0536 e. The molecule has 0 aliphatic heterocycles. The Bertz CT molecular complexity index is 2630. The topological polar surface area (TPSA) is 15.3 Å². The van der Waals surface area contributed by atoms with Crippen molar-refractivity contribution >= 4 is 33.3 Å². The highest BCUT2D eigenvalue weighted by atomic mass is 15.2. The molecule has 6 rings (SSSR count). The van der Waals surface area contributed by atoms with E-state index >= 15 is 0 Å². The lowest BCUT2D eigenvalue weighted by atomic mass is 9.84. The highest BCUT2D eigenvalue weighted by Gasteiger charge is 2.21. The summed E-state index contributed by atoms with van der Waals surface area (Å²) in [4.78, 5) is 2.38. The van der Waals surface area contributed by atoms with Gasteiger partial charge in [0.05, 0.1) is 5.69 Å². The molecule has 318 valence electrons. The number of benzene rings is 5. The second-order valence-corrected chi connectivity index (χ2v) is 15.7. The molecule has 2 nitrogen and oxygen atoms in total. The summed E-state index contributed by atoms with van der Waals surface area (Å²) in [6, 6.07) is 41.5. The van der Waals surface area contributed by atoms with E-state index in [2.05, 4.69) is 258 Å². The van der Waals surface area contributed by atoms with Crippen molar-refractivity contribution in [2.24, 2.45) is 0 Å². The van der Waals surface area contributed by atoms with Crippen molar-refractivity contribution < 1.29 is 0 Å². The first-order valence-electron chi connectivity index (χ1n) is 22.6. The first-order valence-corrected chi connectivity index (χ1v) is 22.6. The number of nitrogens with zero attached hydrogens (tertiary/aromatic N) is 1. The van der Waals surface area contributed by atoms with E-state index < -0.39 is 0 Å². The van der Waals surface area contributed by atoms with Gasteiger partial charge in [-0.1, -0.05) is 190 Å². The van der Waals surface area contributed by atoms with Crippen LogP contribution in [0.25, 0.3) is 33.0 Å². The molecule has 1 unspecified atom stereocenters. The fourth-order valence-corrected chi connectivity index (χ4v) is 8.18. The van der Waals surface area contributed by atoms with Crippen LogP contribution >= 0.6 is 0 Å². The molecule has 5 aromatic carbocycles. The third kappa shape index (κ3) is 12.1. The smallest absolute Gasteiger partial charge is 0.0536 e. The van der Waals surface area contributed by atoms with Crippen LogP contribution in [0.5, 0.6) is 0 Å². The number of fused-ring (bicyclic) bond motifs is 1. The number of nitrogens with one attached hydrogen (secondary N) is 1. The van der Waals surface area contributed by atoms with Crippen LogP contribution < -0.4 is 10.2 Å². The van der Waals surface area contributed by atoms with Crippen LogP contribution in [0, 0.1) is 0 Å². The third-order valence-electron chi connectivity index (χ3n) is 11.5. The molecule has 0 heterocycles. The van der Waals surface area contributed by atoms with Gasteiger partial charge in [-0.05, 0) is 140 Å². The fraction of sp³-hybridized carbons (Fsp3) is 0.180. The molecule has 0 saturated heterocycles. The number of hydrogen-bond donors (Lipinski definition) is 1. The van der Waals surface area contributed by atoms with E-state index in [1.54, 1.807) is 0 Å². The van der Waals surface area contributed by atoms with E-state index in [9.17, 15) is 0 Å². The number of allylic oxidation sites excluding steroid dienone is 19. The highest BCUT2D eigenvalue weighted by Crippen LogP contribution is 2.39. The minimum atomic E-state index is 0.258. The number of hydrogen-bond acceptors (Lipinski definition) is 2. The van der Waals surface area contributed by atoms with Gasteiger partial charge in [0.15, 0.2) is 0 Å². The van der Waals surface area contributed by atoms with Crippen molar-refractivity contribution in [3.05, 3.63) is 253 Å². The zero-order valence-corrected chi connectivity index (χ0v) is 38.0. The van der Waals surface area contributed by atoms with Crippen molar-refractivity contribution in [3.63, 3.8) is 0 Å². The van der Waals surface area contributed by atoms with E-state index in [4.69, 9.17) is 0 Å². The summed E-state index contributed by atoms with van der Waals surface area (Å²) >= 11 is 0. The summed E-state index contributed by atoms with van der Waals surface area (Å²) < 4.78 is 0. The average molecular weight is 825 g/mol. The molecule has 2 heteroatoms. The molecular weight excluding hydrogens is 761 g/mol. The van der Waals surface area contributed by atoms with Gasteiger partial charge in [-0.25, -0.2) is 0 Å². The van der Waals surface area contributed by atoms with Gasteiger partial charge < -0.3 is 10.2 Å². The molecule has 1 aliphatic rings. The molecule has 0 spiro atoms. The van der Waals surface area contributed by atoms with Gasteiger partial charge in [-0.15, -0.1) is 0 Å². The second kappa shape index (κ2) is 23.9. The van der Waals surface area contributed by atoms with Gasteiger partial charge in [-0.2, -0.15) is 0 Å². The van der Waals surface area contributed by atoms with E-state index in [-0.39, 0.29) is 5.92 Å². The summed E-state index contributed by atoms with van der Waals surface area (Å²) in [7, 11) is 0. The molecule has 1 aliphatic carbocycles. The van der Waals surface area contributed by atoms with Gasteiger partial charge in [0, 0.05) is 35.1 Å². The fourth-order valence-electron chi connectivity index (χ4n) is 8.18. The first kappa shape index (κ1) is 45.6. The van der Waals surface area contributed by atoms with Crippen molar-refractivity contribution in [2.45, 2.75) is 66.2 Å². The Morgan fingerprint density at radius 2 is 1.54 bits per heavy atom. The maximum atomic E-state index is 4.21. The molecule has 63 heavy (non-hydrogen) atoms. The Hall–Kier alpha value is -6.90. The Morgan fingerprint density at radius 1 is 0.746 bits per heavy atom. The molecule has 0 amide bonds. The lowest BCUT2D eigenvalue weighted by molar-refractivity contribution is 0.734. The van der Waals surface area contributed by atoms with Crippen molar-refractivity contribution in [3.8, 4) is 11.1 Å². The number of anilines is 2. The van der Waals surface area contributed by atoms with Crippen LogP contribution in [0.4, 0.5) is 11.4 Å². The van der Waals surface area contributed by atoms with Gasteiger partial charge >= 0.3 is 0 Å². The van der Waals surface area contributed by atoms with Crippen LogP contribution in [0.3, 0.4) is 0 Å². The Labute approximate surface area is 378 Å². The molecule has 0 bridgehead atoms. The quantitative estimate of drug-likeness (QED) is 0.0699.